The highest BCUT2D eigenvalue weighted by Gasteiger charge is 2.44. The van der Waals surface area contributed by atoms with Gasteiger partial charge >= 0.3 is 12.0 Å². The molecule has 0 aromatic heterocycles. The number of ether oxygens (including phenoxy) is 1. The maximum Gasteiger partial charge on any atom is 0.326 e. The van der Waals surface area contributed by atoms with Crippen molar-refractivity contribution in [3.63, 3.8) is 0 Å². The summed E-state index contributed by atoms with van der Waals surface area (Å²) in [6.07, 6.45) is 3.91. The Morgan fingerprint density at radius 2 is 2.15 bits per heavy atom. The lowest BCUT2D eigenvalue weighted by Crippen LogP contribution is -2.48. The molecule has 0 bridgehead atoms. The van der Waals surface area contributed by atoms with Gasteiger partial charge in [0.1, 0.15) is 6.04 Å². The largest absolute Gasteiger partial charge is 0.480 e. The fourth-order valence-electron chi connectivity index (χ4n) is 2.93. The SMILES string of the molecule is COCCC1(CNC(=O)N2CCC(C)C2C(=O)O)CC1. The van der Waals surface area contributed by atoms with Gasteiger partial charge in [0.2, 0.25) is 0 Å². The van der Waals surface area contributed by atoms with Gasteiger partial charge in [-0.1, -0.05) is 6.92 Å². The third-order valence-corrected chi connectivity index (χ3v) is 4.62. The maximum absolute atomic E-state index is 12.2. The van der Waals surface area contributed by atoms with E-state index in [9.17, 15) is 14.7 Å². The van der Waals surface area contributed by atoms with Crippen molar-refractivity contribution in [2.24, 2.45) is 11.3 Å². The number of hydrogen-bond donors (Lipinski definition) is 2. The van der Waals surface area contributed by atoms with Gasteiger partial charge in [0, 0.05) is 26.8 Å². The molecule has 20 heavy (non-hydrogen) atoms. The smallest absolute Gasteiger partial charge is 0.326 e. The molecule has 6 heteroatoms. The summed E-state index contributed by atoms with van der Waals surface area (Å²) in [7, 11) is 1.68. The van der Waals surface area contributed by atoms with Crippen LogP contribution in [0.25, 0.3) is 0 Å². The number of carbonyl (C=O) groups excluding carboxylic acids is 1. The van der Waals surface area contributed by atoms with Crippen molar-refractivity contribution in [3.8, 4) is 0 Å². The lowest BCUT2D eigenvalue weighted by Gasteiger charge is -2.25. The minimum absolute atomic E-state index is 0.0154. The van der Waals surface area contributed by atoms with E-state index in [0.717, 1.165) is 25.7 Å². The molecule has 2 atom stereocenters. The predicted molar refractivity (Wildman–Crippen MR) is 73.5 cm³/mol. The number of nitrogens with one attached hydrogen (secondary N) is 1. The molecule has 2 fully saturated rings. The molecule has 2 unspecified atom stereocenters. The van der Waals surface area contributed by atoms with Crippen molar-refractivity contribution in [1.29, 1.82) is 0 Å². The summed E-state index contributed by atoms with van der Waals surface area (Å²) in [5, 5.41) is 12.1. The summed E-state index contributed by atoms with van der Waals surface area (Å²) in [4.78, 5) is 24.9. The number of rotatable bonds is 6. The molecule has 0 aromatic carbocycles. The number of hydrogen-bond acceptors (Lipinski definition) is 3. The van der Waals surface area contributed by atoms with E-state index in [1.165, 1.54) is 4.90 Å². The van der Waals surface area contributed by atoms with Crippen molar-refractivity contribution in [3.05, 3.63) is 0 Å². The van der Waals surface area contributed by atoms with E-state index in [1.54, 1.807) is 7.11 Å². The van der Waals surface area contributed by atoms with Crippen molar-refractivity contribution in [2.45, 2.75) is 38.6 Å². The number of amides is 2. The van der Waals surface area contributed by atoms with Gasteiger partial charge in [-0.2, -0.15) is 0 Å². The van der Waals surface area contributed by atoms with Crippen molar-refractivity contribution in [2.75, 3.05) is 26.8 Å². The Bertz CT molecular complexity index is 381. The zero-order valence-corrected chi connectivity index (χ0v) is 12.2. The van der Waals surface area contributed by atoms with Crippen molar-refractivity contribution in [1.82, 2.24) is 10.2 Å². The summed E-state index contributed by atoms with van der Waals surface area (Å²) in [5.74, 6) is -0.896. The standard InChI is InChI=1S/C14H24N2O4/c1-10-3-7-16(11(10)12(17)18)13(19)15-9-14(4-5-14)6-8-20-2/h10-11H,3-9H2,1-2H3,(H,15,19)(H,17,18). The number of aliphatic carboxylic acids is 1. The van der Waals surface area contributed by atoms with E-state index in [4.69, 9.17) is 4.74 Å². The van der Waals surface area contributed by atoms with Crippen LogP contribution >= 0.6 is 0 Å². The predicted octanol–water partition coefficient (Wildman–Crippen LogP) is 1.31. The Kier molecular flexibility index (Phi) is 4.52. The third kappa shape index (κ3) is 3.23. The topological polar surface area (TPSA) is 78.9 Å². The van der Waals surface area contributed by atoms with E-state index in [0.29, 0.717) is 19.7 Å². The summed E-state index contributed by atoms with van der Waals surface area (Å²) in [6, 6.07) is -0.936. The fraction of sp³-hybridized carbons (Fsp3) is 0.857. The number of likely N-dealkylation sites (tertiary alicyclic amines) is 1. The monoisotopic (exact) mass is 284 g/mol. The van der Waals surface area contributed by atoms with Crippen LogP contribution in [0.5, 0.6) is 0 Å². The highest BCUT2D eigenvalue weighted by Crippen LogP contribution is 2.48. The molecule has 1 heterocycles. The number of nitrogens with zero attached hydrogens (tertiary/aromatic N) is 1. The average Bonchev–Trinajstić information content (AvgIpc) is 3.08. The molecular weight excluding hydrogens is 260 g/mol. The van der Waals surface area contributed by atoms with Gasteiger partial charge in [-0.05, 0) is 37.0 Å². The van der Waals surface area contributed by atoms with E-state index >= 15 is 0 Å². The van der Waals surface area contributed by atoms with Crippen LogP contribution in [0.4, 0.5) is 4.79 Å². The Morgan fingerprint density at radius 1 is 1.45 bits per heavy atom. The van der Waals surface area contributed by atoms with Crippen LogP contribution in [0, 0.1) is 11.3 Å². The van der Waals surface area contributed by atoms with Gasteiger partial charge in [0.25, 0.3) is 0 Å². The van der Waals surface area contributed by atoms with Gasteiger partial charge in [-0.3, -0.25) is 0 Å². The van der Waals surface area contributed by atoms with E-state index in [2.05, 4.69) is 5.32 Å². The van der Waals surface area contributed by atoms with Crippen LogP contribution < -0.4 is 5.32 Å². The first-order valence-corrected chi connectivity index (χ1v) is 7.25. The van der Waals surface area contributed by atoms with Crippen LogP contribution in [0.3, 0.4) is 0 Å². The lowest BCUT2D eigenvalue weighted by atomic mass is 10.0. The van der Waals surface area contributed by atoms with Gasteiger partial charge in [0.05, 0.1) is 0 Å². The van der Waals surface area contributed by atoms with Crippen molar-refractivity contribution < 1.29 is 19.4 Å². The molecule has 1 saturated heterocycles. The molecule has 2 amide bonds. The minimum atomic E-state index is -0.911. The van der Waals surface area contributed by atoms with E-state index in [1.807, 2.05) is 6.92 Å². The summed E-state index contributed by atoms with van der Waals surface area (Å²) in [6.45, 7) is 3.73. The van der Waals surface area contributed by atoms with Crippen LogP contribution in [-0.4, -0.2) is 54.9 Å². The molecule has 114 valence electrons. The molecule has 0 aromatic rings. The second-order valence-corrected chi connectivity index (χ2v) is 6.14. The highest BCUT2D eigenvalue weighted by molar-refractivity contribution is 5.83. The van der Waals surface area contributed by atoms with Crippen LogP contribution in [-0.2, 0) is 9.53 Å². The number of carboxylic acid groups (broad SMARTS) is 1. The number of methoxy groups -OCH3 is 1. The summed E-state index contributed by atoms with van der Waals surface area (Å²) in [5.41, 5.74) is 0.176. The molecule has 2 aliphatic rings. The molecule has 0 radical (unpaired) electrons. The lowest BCUT2D eigenvalue weighted by molar-refractivity contribution is -0.142. The van der Waals surface area contributed by atoms with Crippen LogP contribution in [0.15, 0.2) is 0 Å². The van der Waals surface area contributed by atoms with Crippen molar-refractivity contribution >= 4 is 12.0 Å². The minimum Gasteiger partial charge on any atom is -0.480 e. The summed E-state index contributed by atoms with van der Waals surface area (Å²) < 4.78 is 5.09. The molecule has 2 rings (SSSR count). The second-order valence-electron chi connectivity index (χ2n) is 6.14. The molecule has 0 spiro atoms. The Balaban J connectivity index is 1.84. The maximum atomic E-state index is 12.2. The quantitative estimate of drug-likeness (QED) is 0.770. The molecule has 1 aliphatic heterocycles. The Labute approximate surface area is 119 Å². The van der Waals surface area contributed by atoms with E-state index in [-0.39, 0.29) is 17.4 Å². The van der Waals surface area contributed by atoms with Gasteiger partial charge in [-0.25, -0.2) is 9.59 Å². The van der Waals surface area contributed by atoms with Gasteiger partial charge < -0.3 is 20.1 Å². The van der Waals surface area contributed by atoms with Gasteiger partial charge in [-0.15, -0.1) is 0 Å². The molecule has 2 N–H and O–H groups in total. The van der Waals surface area contributed by atoms with Crippen LogP contribution in [0.1, 0.15) is 32.6 Å². The van der Waals surface area contributed by atoms with Gasteiger partial charge in [0.15, 0.2) is 0 Å². The van der Waals surface area contributed by atoms with Crippen LogP contribution in [0.2, 0.25) is 0 Å². The first kappa shape index (κ1) is 15.1. The highest BCUT2D eigenvalue weighted by atomic mass is 16.5. The Hall–Kier alpha value is -1.30. The zero-order chi connectivity index (χ0) is 14.8. The molecule has 1 saturated carbocycles. The molecular formula is C14H24N2O4. The Morgan fingerprint density at radius 3 is 2.70 bits per heavy atom. The number of carboxylic acids is 1. The number of urea groups is 1. The normalized spacial score (nSPS) is 27.4. The third-order valence-electron chi connectivity index (χ3n) is 4.62. The second kappa shape index (κ2) is 5.99. The summed E-state index contributed by atoms with van der Waals surface area (Å²) >= 11 is 0. The first-order chi connectivity index (χ1) is 9.49. The first-order valence-electron chi connectivity index (χ1n) is 7.25. The molecule has 1 aliphatic carbocycles. The van der Waals surface area contributed by atoms with E-state index < -0.39 is 12.0 Å². The molecule has 6 nitrogen and oxygen atoms in total. The average molecular weight is 284 g/mol. The fourth-order valence-corrected chi connectivity index (χ4v) is 2.93. The zero-order valence-electron chi connectivity index (χ0n) is 12.2. The number of carbonyl (C=O) groups is 2.